The molecule has 0 radical (unpaired) electrons. The van der Waals surface area contributed by atoms with Gasteiger partial charge in [0.1, 0.15) is 0 Å². The summed E-state index contributed by atoms with van der Waals surface area (Å²) in [6.45, 7) is 0. The Labute approximate surface area is 104 Å². The third-order valence-electron chi connectivity index (χ3n) is 2.96. The molecule has 0 saturated heterocycles. The minimum Gasteiger partial charge on any atom is -0.494 e. The molecule has 0 heterocycles. The van der Waals surface area contributed by atoms with E-state index in [9.17, 15) is 4.79 Å². The third-order valence-corrected chi connectivity index (χ3v) is 3.52. The van der Waals surface area contributed by atoms with Gasteiger partial charge in [-0.3, -0.25) is 4.79 Å². The molecule has 0 unspecified atom stereocenters. The molecule has 1 fully saturated rings. The van der Waals surface area contributed by atoms with E-state index < -0.39 is 0 Å². The fraction of sp³-hybridized carbons (Fsp3) is 0.417. The van der Waals surface area contributed by atoms with E-state index in [4.69, 9.17) is 27.9 Å². The van der Waals surface area contributed by atoms with Gasteiger partial charge in [-0.25, -0.2) is 0 Å². The fourth-order valence-corrected chi connectivity index (χ4v) is 2.44. The molecule has 16 heavy (non-hydrogen) atoms. The molecule has 0 spiro atoms. The highest BCUT2D eigenvalue weighted by molar-refractivity contribution is 6.37. The molecule has 4 heteroatoms. The lowest BCUT2D eigenvalue weighted by Crippen LogP contribution is -2.21. The first-order valence-corrected chi connectivity index (χ1v) is 5.96. The van der Waals surface area contributed by atoms with E-state index >= 15 is 0 Å². The first kappa shape index (κ1) is 11.7. The van der Waals surface area contributed by atoms with Crippen molar-refractivity contribution in [2.24, 2.45) is 5.92 Å². The largest absolute Gasteiger partial charge is 0.494 e. The van der Waals surface area contributed by atoms with Gasteiger partial charge in [-0.2, -0.15) is 0 Å². The predicted octanol–water partition coefficient (Wildman–Crippen LogP) is 3.98. The van der Waals surface area contributed by atoms with Gasteiger partial charge in [0.25, 0.3) is 0 Å². The summed E-state index contributed by atoms with van der Waals surface area (Å²) in [6, 6.07) is 3.26. The number of methoxy groups -OCH3 is 1. The molecule has 0 aromatic heterocycles. The lowest BCUT2D eigenvalue weighted by molar-refractivity contribution is 0.0855. The SMILES string of the molecule is COc1c(Cl)cc(C(=O)C2CCC2)cc1Cl. The van der Waals surface area contributed by atoms with Crippen LogP contribution in [0.15, 0.2) is 12.1 Å². The van der Waals surface area contributed by atoms with Crippen LogP contribution in [0.2, 0.25) is 10.0 Å². The second kappa shape index (κ2) is 4.64. The van der Waals surface area contributed by atoms with Crippen LogP contribution in [0, 0.1) is 5.92 Å². The van der Waals surface area contributed by atoms with Crippen LogP contribution in [0.1, 0.15) is 29.6 Å². The van der Waals surface area contributed by atoms with Crippen molar-refractivity contribution in [3.8, 4) is 5.75 Å². The molecule has 1 aromatic rings. The molecule has 1 aliphatic carbocycles. The van der Waals surface area contributed by atoms with E-state index in [1.54, 1.807) is 12.1 Å². The predicted molar refractivity (Wildman–Crippen MR) is 64.7 cm³/mol. The molecule has 1 aromatic carbocycles. The molecule has 0 atom stereocenters. The Morgan fingerprint density at radius 3 is 2.25 bits per heavy atom. The van der Waals surface area contributed by atoms with Crippen molar-refractivity contribution in [1.82, 2.24) is 0 Å². The highest BCUT2D eigenvalue weighted by Crippen LogP contribution is 2.36. The van der Waals surface area contributed by atoms with Gasteiger partial charge >= 0.3 is 0 Å². The van der Waals surface area contributed by atoms with Crippen LogP contribution >= 0.6 is 23.2 Å². The molecular formula is C12H12Cl2O2. The Balaban J connectivity index is 2.31. The average molecular weight is 259 g/mol. The van der Waals surface area contributed by atoms with Gasteiger partial charge in [-0.15, -0.1) is 0 Å². The van der Waals surface area contributed by atoms with Gasteiger partial charge < -0.3 is 4.74 Å². The fourth-order valence-electron chi connectivity index (χ4n) is 1.80. The summed E-state index contributed by atoms with van der Waals surface area (Å²) in [6.07, 6.45) is 3.08. The van der Waals surface area contributed by atoms with Gasteiger partial charge in [0.05, 0.1) is 17.2 Å². The summed E-state index contributed by atoms with van der Waals surface area (Å²) >= 11 is 12.0. The Bertz CT molecular complexity index is 402. The van der Waals surface area contributed by atoms with Gasteiger partial charge in [0.15, 0.2) is 11.5 Å². The van der Waals surface area contributed by atoms with E-state index in [0.29, 0.717) is 21.4 Å². The molecule has 0 amide bonds. The third kappa shape index (κ3) is 2.04. The van der Waals surface area contributed by atoms with E-state index in [0.717, 1.165) is 19.3 Å². The Morgan fingerprint density at radius 2 is 1.88 bits per heavy atom. The summed E-state index contributed by atoms with van der Waals surface area (Å²) in [7, 11) is 1.50. The number of hydrogen-bond acceptors (Lipinski definition) is 2. The van der Waals surface area contributed by atoms with E-state index in [-0.39, 0.29) is 11.7 Å². The molecule has 86 valence electrons. The molecular weight excluding hydrogens is 247 g/mol. The van der Waals surface area contributed by atoms with Crippen molar-refractivity contribution >= 4 is 29.0 Å². The van der Waals surface area contributed by atoms with Crippen molar-refractivity contribution in [1.29, 1.82) is 0 Å². The van der Waals surface area contributed by atoms with Crippen molar-refractivity contribution in [3.05, 3.63) is 27.7 Å². The highest BCUT2D eigenvalue weighted by atomic mass is 35.5. The molecule has 1 saturated carbocycles. The van der Waals surface area contributed by atoms with Crippen LogP contribution in [0.5, 0.6) is 5.75 Å². The summed E-state index contributed by atoms with van der Waals surface area (Å²) in [5.41, 5.74) is 0.584. The van der Waals surface area contributed by atoms with Crippen LogP contribution in [0.4, 0.5) is 0 Å². The molecule has 0 bridgehead atoms. The first-order chi connectivity index (χ1) is 7.63. The maximum atomic E-state index is 12.0. The van der Waals surface area contributed by atoms with Crippen LogP contribution in [-0.4, -0.2) is 12.9 Å². The zero-order valence-electron chi connectivity index (χ0n) is 8.93. The van der Waals surface area contributed by atoms with Crippen molar-refractivity contribution < 1.29 is 9.53 Å². The Kier molecular flexibility index (Phi) is 3.41. The van der Waals surface area contributed by atoms with Crippen molar-refractivity contribution in [2.75, 3.05) is 7.11 Å². The Morgan fingerprint density at radius 1 is 1.31 bits per heavy atom. The second-order valence-electron chi connectivity index (χ2n) is 3.97. The number of hydrogen-bond donors (Lipinski definition) is 0. The second-order valence-corrected chi connectivity index (χ2v) is 4.78. The minimum atomic E-state index is 0.137. The standard InChI is InChI=1S/C12H12Cl2O2/c1-16-12-9(13)5-8(6-10(12)14)11(15)7-3-2-4-7/h5-7H,2-4H2,1H3. The van der Waals surface area contributed by atoms with Gasteiger partial charge in [0, 0.05) is 11.5 Å². The van der Waals surface area contributed by atoms with Gasteiger partial charge in [0.2, 0.25) is 0 Å². The van der Waals surface area contributed by atoms with E-state index in [2.05, 4.69) is 0 Å². The topological polar surface area (TPSA) is 26.3 Å². The van der Waals surface area contributed by atoms with Crippen LogP contribution in [0.3, 0.4) is 0 Å². The number of ketones is 1. The molecule has 1 aliphatic rings. The number of benzene rings is 1. The summed E-state index contributed by atoms with van der Waals surface area (Å²) in [5.74, 6) is 0.715. The summed E-state index contributed by atoms with van der Waals surface area (Å²) < 4.78 is 5.04. The van der Waals surface area contributed by atoms with E-state index in [1.807, 2.05) is 0 Å². The zero-order chi connectivity index (χ0) is 11.7. The maximum Gasteiger partial charge on any atom is 0.166 e. The number of ether oxygens (including phenoxy) is 1. The normalized spacial score (nSPS) is 15.7. The quantitative estimate of drug-likeness (QED) is 0.767. The molecule has 0 N–H and O–H groups in total. The first-order valence-electron chi connectivity index (χ1n) is 5.20. The molecule has 2 nitrogen and oxygen atoms in total. The zero-order valence-corrected chi connectivity index (χ0v) is 10.4. The number of carbonyl (C=O) groups is 1. The lowest BCUT2D eigenvalue weighted by Gasteiger charge is -2.24. The summed E-state index contributed by atoms with van der Waals surface area (Å²) in [5, 5.41) is 0.773. The number of rotatable bonds is 3. The van der Waals surface area contributed by atoms with Crippen molar-refractivity contribution in [3.63, 3.8) is 0 Å². The number of carbonyl (C=O) groups excluding carboxylic acids is 1. The van der Waals surface area contributed by atoms with Crippen molar-refractivity contribution in [2.45, 2.75) is 19.3 Å². The number of halogens is 2. The highest BCUT2D eigenvalue weighted by Gasteiger charge is 2.27. The number of Topliss-reactive ketones (excluding diaryl/α,β-unsaturated/α-hetero) is 1. The molecule has 0 aliphatic heterocycles. The van der Waals surface area contributed by atoms with Crippen LogP contribution in [-0.2, 0) is 0 Å². The Hall–Kier alpha value is -0.730. The van der Waals surface area contributed by atoms with Crippen LogP contribution < -0.4 is 4.74 Å². The summed E-state index contributed by atoms with van der Waals surface area (Å²) in [4.78, 5) is 12.0. The maximum absolute atomic E-state index is 12.0. The van der Waals surface area contributed by atoms with Gasteiger partial charge in [-0.05, 0) is 25.0 Å². The monoisotopic (exact) mass is 258 g/mol. The minimum absolute atomic E-state index is 0.137. The lowest BCUT2D eigenvalue weighted by atomic mass is 9.80. The van der Waals surface area contributed by atoms with Gasteiger partial charge in [-0.1, -0.05) is 29.6 Å². The van der Waals surface area contributed by atoms with E-state index in [1.165, 1.54) is 7.11 Å². The smallest absolute Gasteiger partial charge is 0.166 e. The van der Waals surface area contributed by atoms with Crippen LogP contribution in [0.25, 0.3) is 0 Å². The average Bonchev–Trinajstić information content (AvgIpc) is 2.14. The molecule has 2 rings (SSSR count).